The smallest absolute Gasteiger partial charge is 0.261 e. The van der Waals surface area contributed by atoms with Gasteiger partial charge in [0.15, 0.2) is 5.82 Å². The van der Waals surface area contributed by atoms with E-state index in [0.717, 1.165) is 24.1 Å². The Morgan fingerprint density at radius 1 is 1.43 bits per heavy atom. The van der Waals surface area contributed by atoms with Gasteiger partial charge in [-0.25, -0.2) is 0 Å². The van der Waals surface area contributed by atoms with Gasteiger partial charge in [0.2, 0.25) is 0 Å². The Labute approximate surface area is 124 Å². The zero-order valence-corrected chi connectivity index (χ0v) is 13.1. The van der Waals surface area contributed by atoms with Crippen molar-refractivity contribution >= 4 is 0 Å². The lowest BCUT2D eigenvalue weighted by molar-refractivity contribution is 0.0867. The van der Waals surface area contributed by atoms with Gasteiger partial charge in [0.05, 0.1) is 17.9 Å². The van der Waals surface area contributed by atoms with E-state index >= 15 is 0 Å². The molecule has 21 heavy (non-hydrogen) atoms. The van der Waals surface area contributed by atoms with E-state index in [2.05, 4.69) is 22.2 Å². The van der Waals surface area contributed by atoms with Gasteiger partial charge in [0, 0.05) is 19.9 Å². The van der Waals surface area contributed by atoms with E-state index < -0.39 is 5.54 Å². The molecule has 2 heterocycles. The molecule has 7 heteroatoms. The third-order valence-corrected chi connectivity index (χ3v) is 3.16. The molecule has 1 unspecified atom stereocenters. The highest BCUT2D eigenvalue weighted by molar-refractivity contribution is 5.55. The summed E-state index contributed by atoms with van der Waals surface area (Å²) < 4.78 is 12.6. The second kappa shape index (κ2) is 6.36. The third kappa shape index (κ3) is 3.48. The molecule has 2 rings (SSSR count). The van der Waals surface area contributed by atoms with E-state index in [1.54, 1.807) is 4.68 Å². The van der Waals surface area contributed by atoms with Crippen LogP contribution in [0.15, 0.2) is 10.7 Å². The van der Waals surface area contributed by atoms with Crippen molar-refractivity contribution in [2.24, 2.45) is 12.8 Å². The lowest BCUT2D eigenvalue weighted by atomic mass is 10.1. The van der Waals surface area contributed by atoms with Crippen LogP contribution in [0.1, 0.15) is 38.7 Å². The molecular weight excluding hydrogens is 270 g/mol. The SMILES string of the molecule is CCCOCC(C)(N)c1noc(-c2cn(C)nc2CC)n1. The first-order chi connectivity index (χ1) is 9.97. The lowest BCUT2D eigenvalue weighted by Crippen LogP contribution is -2.39. The Hall–Kier alpha value is -1.73. The molecule has 0 aliphatic heterocycles. The number of hydrogen-bond acceptors (Lipinski definition) is 6. The molecule has 1 atom stereocenters. The molecule has 116 valence electrons. The highest BCUT2D eigenvalue weighted by atomic mass is 16.5. The summed E-state index contributed by atoms with van der Waals surface area (Å²) >= 11 is 0. The molecule has 2 aromatic heterocycles. The van der Waals surface area contributed by atoms with Gasteiger partial charge in [0.25, 0.3) is 5.89 Å². The highest BCUT2D eigenvalue weighted by Gasteiger charge is 2.29. The predicted octanol–water partition coefficient (Wildman–Crippen LogP) is 1.63. The van der Waals surface area contributed by atoms with E-state index in [4.69, 9.17) is 15.0 Å². The fourth-order valence-corrected chi connectivity index (χ4v) is 2.03. The topological polar surface area (TPSA) is 92.0 Å². The Balaban J connectivity index is 2.20. The van der Waals surface area contributed by atoms with Crippen LogP contribution in [0, 0.1) is 0 Å². The van der Waals surface area contributed by atoms with E-state index in [1.165, 1.54) is 0 Å². The average Bonchev–Trinajstić information content (AvgIpc) is 3.05. The van der Waals surface area contributed by atoms with E-state index in [-0.39, 0.29) is 0 Å². The van der Waals surface area contributed by atoms with Crippen LogP contribution in [0.3, 0.4) is 0 Å². The molecule has 2 aromatic rings. The van der Waals surface area contributed by atoms with Crippen molar-refractivity contribution in [2.75, 3.05) is 13.2 Å². The molecule has 0 spiro atoms. The number of aryl methyl sites for hydroxylation is 2. The maximum absolute atomic E-state index is 6.22. The summed E-state index contributed by atoms with van der Waals surface area (Å²) in [7, 11) is 1.87. The summed E-state index contributed by atoms with van der Waals surface area (Å²) in [6.45, 7) is 6.94. The van der Waals surface area contributed by atoms with E-state index in [0.29, 0.717) is 24.9 Å². The van der Waals surface area contributed by atoms with Crippen LogP contribution < -0.4 is 5.73 Å². The minimum atomic E-state index is -0.772. The first-order valence-corrected chi connectivity index (χ1v) is 7.21. The lowest BCUT2D eigenvalue weighted by Gasteiger charge is -2.19. The minimum absolute atomic E-state index is 0.355. The average molecular weight is 293 g/mol. The first kappa shape index (κ1) is 15.7. The molecule has 0 radical (unpaired) electrons. The van der Waals surface area contributed by atoms with Crippen LogP contribution in [-0.4, -0.2) is 33.1 Å². The Kier molecular flexibility index (Phi) is 4.74. The monoisotopic (exact) mass is 293 g/mol. The Bertz CT molecular complexity index is 588. The van der Waals surface area contributed by atoms with E-state index in [1.807, 2.05) is 27.1 Å². The largest absolute Gasteiger partial charge is 0.379 e. The Morgan fingerprint density at radius 2 is 2.19 bits per heavy atom. The molecule has 0 fully saturated rings. The van der Waals surface area contributed by atoms with Crippen molar-refractivity contribution in [3.05, 3.63) is 17.7 Å². The third-order valence-electron chi connectivity index (χ3n) is 3.16. The van der Waals surface area contributed by atoms with Gasteiger partial charge < -0.3 is 15.0 Å². The van der Waals surface area contributed by atoms with Crippen LogP contribution in [0.25, 0.3) is 11.5 Å². The normalized spacial score (nSPS) is 14.3. The van der Waals surface area contributed by atoms with E-state index in [9.17, 15) is 0 Å². The number of hydrogen-bond donors (Lipinski definition) is 1. The van der Waals surface area contributed by atoms with Gasteiger partial charge in [0.1, 0.15) is 5.54 Å². The highest BCUT2D eigenvalue weighted by Crippen LogP contribution is 2.24. The van der Waals surface area contributed by atoms with Crippen LogP contribution in [-0.2, 0) is 23.7 Å². The molecule has 0 saturated carbocycles. The number of nitrogens with zero attached hydrogens (tertiary/aromatic N) is 4. The molecule has 2 N–H and O–H groups in total. The molecule has 0 aliphatic carbocycles. The summed E-state index contributed by atoms with van der Waals surface area (Å²) in [6, 6.07) is 0. The van der Waals surface area contributed by atoms with Gasteiger partial charge in [-0.2, -0.15) is 10.1 Å². The first-order valence-electron chi connectivity index (χ1n) is 7.21. The summed E-state index contributed by atoms with van der Waals surface area (Å²) in [5, 5.41) is 8.37. The zero-order valence-electron chi connectivity index (χ0n) is 13.1. The molecule has 0 aliphatic rings. The second-order valence-electron chi connectivity index (χ2n) is 5.41. The summed E-state index contributed by atoms with van der Waals surface area (Å²) in [5.74, 6) is 0.890. The number of rotatable bonds is 7. The quantitative estimate of drug-likeness (QED) is 0.780. The summed E-state index contributed by atoms with van der Waals surface area (Å²) in [5.41, 5.74) is 7.22. The fraction of sp³-hybridized carbons (Fsp3) is 0.643. The molecule has 0 bridgehead atoms. The van der Waals surface area contributed by atoms with Crippen LogP contribution in [0.5, 0.6) is 0 Å². The van der Waals surface area contributed by atoms with Crippen molar-refractivity contribution < 1.29 is 9.26 Å². The van der Waals surface area contributed by atoms with Crippen LogP contribution in [0.2, 0.25) is 0 Å². The molecule has 0 amide bonds. The standard InChI is InChI=1S/C14H23N5O2/c1-5-7-20-9-14(3,15)13-16-12(21-18-13)10-8-19(4)17-11(10)6-2/h8H,5-7,9,15H2,1-4H3. The second-order valence-corrected chi connectivity index (χ2v) is 5.41. The minimum Gasteiger partial charge on any atom is -0.379 e. The van der Waals surface area contributed by atoms with Gasteiger partial charge in [-0.1, -0.05) is 19.0 Å². The molecular formula is C14H23N5O2. The predicted molar refractivity (Wildman–Crippen MR) is 78.5 cm³/mol. The van der Waals surface area contributed by atoms with Crippen molar-refractivity contribution in [1.82, 2.24) is 19.9 Å². The maximum Gasteiger partial charge on any atom is 0.261 e. The van der Waals surface area contributed by atoms with Crippen molar-refractivity contribution in [1.29, 1.82) is 0 Å². The maximum atomic E-state index is 6.22. The van der Waals surface area contributed by atoms with Gasteiger partial charge >= 0.3 is 0 Å². The van der Waals surface area contributed by atoms with Crippen molar-refractivity contribution in [3.8, 4) is 11.5 Å². The Morgan fingerprint density at radius 3 is 2.86 bits per heavy atom. The fourth-order valence-electron chi connectivity index (χ4n) is 2.03. The van der Waals surface area contributed by atoms with Gasteiger partial charge in [-0.3, -0.25) is 4.68 Å². The molecule has 0 saturated heterocycles. The molecule has 0 aromatic carbocycles. The van der Waals surface area contributed by atoms with Crippen LogP contribution >= 0.6 is 0 Å². The summed E-state index contributed by atoms with van der Waals surface area (Å²) in [6.07, 6.45) is 3.62. The number of nitrogens with two attached hydrogens (primary N) is 1. The van der Waals surface area contributed by atoms with Crippen LogP contribution in [0.4, 0.5) is 0 Å². The summed E-state index contributed by atoms with van der Waals surface area (Å²) in [4.78, 5) is 4.42. The van der Waals surface area contributed by atoms with Crippen molar-refractivity contribution in [2.45, 2.75) is 39.2 Å². The molecule has 7 nitrogen and oxygen atoms in total. The van der Waals surface area contributed by atoms with Gasteiger partial charge in [-0.05, 0) is 19.8 Å². The zero-order chi connectivity index (χ0) is 15.5. The van der Waals surface area contributed by atoms with Crippen molar-refractivity contribution in [3.63, 3.8) is 0 Å². The number of ether oxygens (including phenoxy) is 1. The number of aromatic nitrogens is 4. The van der Waals surface area contributed by atoms with Gasteiger partial charge in [-0.15, -0.1) is 0 Å².